The highest BCUT2D eigenvalue weighted by Crippen LogP contribution is 2.18. The SMILES string of the molecule is CCNC(=NCc1nnc2ccccn12)NCC(O)c1ccc(OC(C)C)cc1.I. The lowest BCUT2D eigenvalue weighted by molar-refractivity contribution is 0.180. The Balaban J connectivity index is 0.00000320. The number of nitrogens with one attached hydrogen (secondary N) is 2. The molecule has 2 aromatic heterocycles. The van der Waals surface area contributed by atoms with Gasteiger partial charge in [-0.05, 0) is 50.6 Å². The number of pyridine rings is 1. The van der Waals surface area contributed by atoms with E-state index in [1.807, 2.05) is 73.8 Å². The molecule has 0 fully saturated rings. The second kappa shape index (κ2) is 11.7. The number of rotatable bonds is 8. The van der Waals surface area contributed by atoms with E-state index in [1.54, 1.807) is 0 Å². The molecule has 30 heavy (non-hydrogen) atoms. The fourth-order valence-corrected chi connectivity index (χ4v) is 2.84. The molecule has 0 radical (unpaired) electrons. The van der Waals surface area contributed by atoms with Crippen molar-refractivity contribution in [3.8, 4) is 5.75 Å². The predicted octanol–water partition coefficient (Wildman–Crippen LogP) is 2.92. The Bertz CT molecular complexity index is 942. The van der Waals surface area contributed by atoms with Gasteiger partial charge in [0.25, 0.3) is 0 Å². The number of ether oxygens (including phenoxy) is 1. The summed E-state index contributed by atoms with van der Waals surface area (Å²) >= 11 is 0. The number of halogens is 1. The molecule has 0 amide bonds. The lowest BCUT2D eigenvalue weighted by Gasteiger charge is -2.16. The van der Waals surface area contributed by atoms with Crippen LogP contribution >= 0.6 is 24.0 Å². The Morgan fingerprint density at radius 1 is 1.13 bits per heavy atom. The number of fused-ring (bicyclic) bond motifs is 1. The van der Waals surface area contributed by atoms with Crippen molar-refractivity contribution in [1.82, 2.24) is 25.2 Å². The minimum Gasteiger partial charge on any atom is -0.491 e. The molecule has 0 aliphatic rings. The molecule has 3 aromatic rings. The molecule has 0 aliphatic carbocycles. The zero-order valence-electron chi connectivity index (χ0n) is 17.4. The van der Waals surface area contributed by atoms with Crippen molar-refractivity contribution in [1.29, 1.82) is 0 Å². The molecule has 1 atom stereocenters. The van der Waals surface area contributed by atoms with Crippen molar-refractivity contribution in [3.63, 3.8) is 0 Å². The fourth-order valence-electron chi connectivity index (χ4n) is 2.84. The van der Waals surface area contributed by atoms with Crippen molar-refractivity contribution in [3.05, 3.63) is 60.0 Å². The van der Waals surface area contributed by atoms with E-state index in [9.17, 15) is 5.11 Å². The summed E-state index contributed by atoms with van der Waals surface area (Å²) in [6, 6.07) is 13.2. The van der Waals surface area contributed by atoms with Gasteiger partial charge >= 0.3 is 0 Å². The van der Waals surface area contributed by atoms with Crippen LogP contribution in [0.3, 0.4) is 0 Å². The van der Waals surface area contributed by atoms with Gasteiger partial charge in [-0.25, -0.2) is 4.99 Å². The number of hydrogen-bond donors (Lipinski definition) is 3. The van der Waals surface area contributed by atoms with Crippen LogP contribution in [0, 0.1) is 0 Å². The average Bonchev–Trinajstić information content (AvgIpc) is 3.13. The standard InChI is InChI=1S/C21H28N6O2.HI/c1-4-22-21(24-14-20-26-25-19-7-5-6-12-27(19)20)23-13-18(28)16-8-10-17(11-9-16)29-15(2)3;/h5-12,15,18,28H,4,13-14H2,1-3H3,(H2,22,23,24);1H. The number of nitrogens with zero attached hydrogens (tertiary/aromatic N) is 4. The molecule has 8 nitrogen and oxygen atoms in total. The Morgan fingerprint density at radius 2 is 1.90 bits per heavy atom. The maximum Gasteiger partial charge on any atom is 0.191 e. The molecule has 2 heterocycles. The summed E-state index contributed by atoms with van der Waals surface area (Å²) in [6.07, 6.45) is 1.37. The number of aromatic nitrogens is 3. The first kappa shape index (κ1) is 23.9. The first-order chi connectivity index (χ1) is 14.1. The van der Waals surface area contributed by atoms with Crippen LogP contribution < -0.4 is 15.4 Å². The van der Waals surface area contributed by atoms with E-state index in [4.69, 9.17) is 4.74 Å². The summed E-state index contributed by atoms with van der Waals surface area (Å²) in [5.41, 5.74) is 1.60. The minimum absolute atomic E-state index is 0. The highest BCUT2D eigenvalue weighted by molar-refractivity contribution is 14.0. The van der Waals surface area contributed by atoms with Crippen LogP contribution in [-0.4, -0.2) is 44.9 Å². The van der Waals surface area contributed by atoms with Gasteiger partial charge < -0.3 is 20.5 Å². The van der Waals surface area contributed by atoms with E-state index in [-0.39, 0.29) is 30.1 Å². The summed E-state index contributed by atoms with van der Waals surface area (Å²) in [5.74, 6) is 2.15. The molecule has 3 N–H and O–H groups in total. The van der Waals surface area contributed by atoms with Crippen molar-refractivity contribution < 1.29 is 9.84 Å². The van der Waals surface area contributed by atoms with E-state index in [0.29, 0.717) is 25.6 Å². The van der Waals surface area contributed by atoms with E-state index in [2.05, 4.69) is 25.8 Å². The molecule has 162 valence electrons. The number of aliphatic hydroxyl groups excluding tert-OH is 1. The highest BCUT2D eigenvalue weighted by Gasteiger charge is 2.10. The third-order valence-corrected chi connectivity index (χ3v) is 4.21. The fraction of sp³-hybridized carbons (Fsp3) is 0.381. The van der Waals surface area contributed by atoms with Gasteiger partial charge in [0.1, 0.15) is 12.3 Å². The topological polar surface area (TPSA) is 96.1 Å². The molecule has 0 aliphatic heterocycles. The van der Waals surface area contributed by atoms with Gasteiger partial charge in [-0.3, -0.25) is 4.40 Å². The van der Waals surface area contributed by atoms with E-state index >= 15 is 0 Å². The van der Waals surface area contributed by atoms with Gasteiger partial charge in [-0.1, -0.05) is 18.2 Å². The zero-order valence-corrected chi connectivity index (χ0v) is 19.8. The summed E-state index contributed by atoms with van der Waals surface area (Å²) in [4.78, 5) is 4.56. The lowest BCUT2D eigenvalue weighted by Crippen LogP contribution is -2.39. The van der Waals surface area contributed by atoms with Gasteiger partial charge in [-0.2, -0.15) is 0 Å². The van der Waals surface area contributed by atoms with Crippen molar-refractivity contribution >= 4 is 35.6 Å². The number of aliphatic imine (C=N–C) groups is 1. The molecular weight excluding hydrogens is 495 g/mol. The molecule has 1 unspecified atom stereocenters. The number of benzene rings is 1. The highest BCUT2D eigenvalue weighted by atomic mass is 127. The van der Waals surface area contributed by atoms with Gasteiger partial charge in [0, 0.05) is 19.3 Å². The van der Waals surface area contributed by atoms with Crippen LogP contribution in [-0.2, 0) is 6.54 Å². The predicted molar refractivity (Wildman–Crippen MR) is 128 cm³/mol. The average molecular weight is 524 g/mol. The largest absolute Gasteiger partial charge is 0.491 e. The first-order valence-corrected chi connectivity index (χ1v) is 9.82. The number of aliphatic hydroxyl groups is 1. The Kier molecular flexibility index (Phi) is 9.31. The maximum absolute atomic E-state index is 10.5. The van der Waals surface area contributed by atoms with Crippen LogP contribution in [0.1, 0.15) is 38.3 Å². The Labute approximate surface area is 193 Å². The second-order valence-corrected chi connectivity index (χ2v) is 6.87. The maximum atomic E-state index is 10.5. The van der Waals surface area contributed by atoms with Crippen molar-refractivity contribution in [2.24, 2.45) is 4.99 Å². The second-order valence-electron chi connectivity index (χ2n) is 6.87. The van der Waals surface area contributed by atoms with Crippen LogP contribution in [0.25, 0.3) is 5.65 Å². The number of guanidine groups is 1. The van der Waals surface area contributed by atoms with Gasteiger partial charge in [0.2, 0.25) is 0 Å². The molecule has 0 saturated heterocycles. The van der Waals surface area contributed by atoms with E-state index in [1.165, 1.54) is 0 Å². The molecular formula is C21H29IN6O2. The molecule has 0 spiro atoms. The Morgan fingerprint density at radius 3 is 2.60 bits per heavy atom. The van der Waals surface area contributed by atoms with Crippen LogP contribution in [0.4, 0.5) is 0 Å². The molecule has 1 aromatic carbocycles. The van der Waals surface area contributed by atoms with Crippen LogP contribution in [0.2, 0.25) is 0 Å². The van der Waals surface area contributed by atoms with Crippen molar-refractivity contribution in [2.75, 3.05) is 13.1 Å². The summed E-state index contributed by atoms with van der Waals surface area (Å²) < 4.78 is 7.54. The first-order valence-electron chi connectivity index (χ1n) is 9.82. The normalized spacial score (nSPS) is 12.5. The van der Waals surface area contributed by atoms with Gasteiger partial charge in [-0.15, -0.1) is 34.2 Å². The lowest BCUT2D eigenvalue weighted by atomic mass is 10.1. The van der Waals surface area contributed by atoms with E-state index < -0.39 is 6.10 Å². The Hall–Kier alpha value is -2.40. The minimum atomic E-state index is -0.666. The van der Waals surface area contributed by atoms with Crippen molar-refractivity contribution in [2.45, 2.75) is 39.5 Å². The number of hydrogen-bond acceptors (Lipinski definition) is 5. The summed E-state index contributed by atoms with van der Waals surface area (Å²) in [7, 11) is 0. The third kappa shape index (κ3) is 6.56. The van der Waals surface area contributed by atoms with Crippen LogP contribution in [0.5, 0.6) is 5.75 Å². The summed E-state index contributed by atoms with van der Waals surface area (Å²) in [6.45, 7) is 7.37. The van der Waals surface area contributed by atoms with Gasteiger partial charge in [0.15, 0.2) is 17.4 Å². The molecule has 9 heteroatoms. The van der Waals surface area contributed by atoms with Crippen LogP contribution in [0.15, 0.2) is 53.7 Å². The third-order valence-electron chi connectivity index (χ3n) is 4.21. The molecule has 0 bridgehead atoms. The molecule has 3 rings (SSSR count). The van der Waals surface area contributed by atoms with E-state index in [0.717, 1.165) is 22.8 Å². The quantitative estimate of drug-likeness (QED) is 0.238. The van der Waals surface area contributed by atoms with Gasteiger partial charge in [0.05, 0.1) is 12.2 Å². The smallest absolute Gasteiger partial charge is 0.191 e. The monoisotopic (exact) mass is 524 g/mol. The molecule has 0 saturated carbocycles. The zero-order chi connectivity index (χ0) is 20.6. The summed E-state index contributed by atoms with van der Waals surface area (Å²) in [5, 5.41) is 25.2.